The summed E-state index contributed by atoms with van der Waals surface area (Å²) in [7, 11) is 0. The first kappa shape index (κ1) is 12.5. The molecule has 2 aliphatic heterocycles. The second-order valence-electron chi connectivity index (χ2n) is 6.74. The monoisotopic (exact) mass is 250 g/mol. The predicted molar refractivity (Wildman–Crippen MR) is 72.3 cm³/mol. The third kappa shape index (κ3) is 1.97. The van der Waals surface area contributed by atoms with Gasteiger partial charge in [0.1, 0.15) is 0 Å². The van der Waals surface area contributed by atoms with E-state index in [1.54, 1.807) is 0 Å². The van der Waals surface area contributed by atoms with Crippen LogP contribution >= 0.6 is 0 Å². The zero-order valence-electron chi connectivity index (χ0n) is 11.7. The fraction of sp³-hybridized carbons (Fsp3) is 0.933. The summed E-state index contributed by atoms with van der Waals surface area (Å²) in [6, 6.07) is 0.918. The van der Waals surface area contributed by atoms with Crippen molar-refractivity contribution in [3.8, 4) is 0 Å². The van der Waals surface area contributed by atoms with Gasteiger partial charge >= 0.3 is 0 Å². The normalized spacial score (nSPS) is 38.8. The average molecular weight is 250 g/mol. The molecule has 1 saturated carbocycles. The second-order valence-corrected chi connectivity index (χ2v) is 6.74. The zero-order valence-corrected chi connectivity index (χ0v) is 11.7. The molecule has 18 heavy (non-hydrogen) atoms. The van der Waals surface area contributed by atoms with Crippen molar-refractivity contribution in [3.63, 3.8) is 0 Å². The smallest absolute Gasteiger partial charge is 0.226 e. The van der Waals surface area contributed by atoms with E-state index < -0.39 is 0 Å². The molecule has 1 aliphatic carbocycles. The number of hydrogen-bond donors (Lipinski definition) is 1. The standard InChI is InChI=1S/C15H26N2O/c1-11-4-3-5-12(2)17(11)14(18)13-10-15(13)6-8-16-9-7-15/h11-13,16H,3-10H2,1-2H3. The molecule has 3 aliphatic rings. The molecule has 0 aromatic carbocycles. The van der Waals surface area contributed by atoms with Crippen molar-refractivity contribution in [3.05, 3.63) is 0 Å². The molecule has 3 heteroatoms. The van der Waals surface area contributed by atoms with Crippen molar-refractivity contribution in [2.75, 3.05) is 13.1 Å². The lowest BCUT2D eigenvalue weighted by Gasteiger charge is -2.40. The minimum atomic E-state index is 0.350. The van der Waals surface area contributed by atoms with Gasteiger partial charge in [0.2, 0.25) is 5.91 Å². The van der Waals surface area contributed by atoms with E-state index in [0.717, 1.165) is 19.5 Å². The van der Waals surface area contributed by atoms with Crippen molar-refractivity contribution in [1.29, 1.82) is 0 Å². The van der Waals surface area contributed by atoms with Crippen molar-refractivity contribution >= 4 is 5.91 Å². The minimum Gasteiger partial charge on any atom is -0.337 e. The SMILES string of the molecule is CC1CCCC(C)N1C(=O)C1CC12CCNCC2. The van der Waals surface area contributed by atoms with Crippen LogP contribution < -0.4 is 5.32 Å². The first-order chi connectivity index (χ1) is 8.64. The van der Waals surface area contributed by atoms with Crippen LogP contribution in [0.4, 0.5) is 0 Å². The Kier molecular flexibility index (Phi) is 3.13. The molecule has 1 spiro atoms. The number of piperidine rings is 2. The van der Waals surface area contributed by atoms with E-state index in [1.807, 2.05) is 0 Å². The second kappa shape index (κ2) is 4.52. The first-order valence-corrected chi connectivity index (χ1v) is 7.67. The lowest BCUT2D eigenvalue weighted by Crippen LogP contribution is -2.49. The van der Waals surface area contributed by atoms with E-state index in [-0.39, 0.29) is 0 Å². The van der Waals surface area contributed by atoms with Crippen LogP contribution in [0.3, 0.4) is 0 Å². The predicted octanol–water partition coefficient (Wildman–Crippen LogP) is 2.17. The number of amides is 1. The van der Waals surface area contributed by atoms with Crippen LogP contribution in [0.1, 0.15) is 52.4 Å². The molecule has 3 rings (SSSR count). The maximum absolute atomic E-state index is 12.8. The Morgan fingerprint density at radius 3 is 2.39 bits per heavy atom. The molecular weight excluding hydrogens is 224 g/mol. The molecule has 1 amide bonds. The fourth-order valence-corrected chi connectivity index (χ4v) is 4.21. The van der Waals surface area contributed by atoms with Crippen molar-refractivity contribution in [1.82, 2.24) is 10.2 Å². The van der Waals surface area contributed by atoms with Gasteiger partial charge in [-0.25, -0.2) is 0 Å². The van der Waals surface area contributed by atoms with Gasteiger partial charge < -0.3 is 10.2 Å². The molecule has 0 aromatic heterocycles. The van der Waals surface area contributed by atoms with Gasteiger partial charge in [-0.1, -0.05) is 0 Å². The first-order valence-electron chi connectivity index (χ1n) is 7.67. The highest BCUT2D eigenvalue weighted by molar-refractivity contribution is 5.83. The van der Waals surface area contributed by atoms with Gasteiger partial charge in [-0.2, -0.15) is 0 Å². The van der Waals surface area contributed by atoms with Crippen molar-refractivity contribution in [2.45, 2.75) is 64.5 Å². The van der Waals surface area contributed by atoms with Gasteiger partial charge in [0, 0.05) is 18.0 Å². The van der Waals surface area contributed by atoms with Crippen LogP contribution in [0, 0.1) is 11.3 Å². The number of rotatable bonds is 1. The molecule has 3 fully saturated rings. The third-order valence-electron chi connectivity index (χ3n) is 5.54. The Labute approximate surface area is 110 Å². The molecule has 3 atom stereocenters. The lowest BCUT2D eigenvalue weighted by atomic mass is 9.90. The summed E-state index contributed by atoms with van der Waals surface area (Å²) in [4.78, 5) is 15.0. The van der Waals surface area contributed by atoms with Gasteiger partial charge in [0.15, 0.2) is 0 Å². The van der Waals surface area contributed by atoms with Crippen LogP contribution in [0.2, 0.25) is 0 Å². The van der Waals surface area contributed by atoms with Gasteiger partial charge in [-0.05, 0) is 70.9 Å². The summed E-state index contributed by atoms with van der Waals surface area (Å²) in [6.07, 6.45) is 7.24. The van der Waals surface area contributed by atoms with Gasteiger partial charge in [-0.3, -0.25) is 4.79 Å². The average Bonchev–Trinajstić information content (AvgIpc) is 3.03. The molecular formula is C15H26N2O. The van der Waals surface area contributed by atoms with Crippen LogP contribution in [0.25, 0.3) is 0 Å². The topological polar surface area (TPSA) is 32.3 Å². The highest BCUT2D eigenvalue weighted by atomic mass is 16.2. The van der Waals surface area contributed by atoms with Gasteiger partial charge in [-0.15, -0.1) is 0 Å². The Morgan fingerprint density at radius 2 is 1.78 bits per heavy atom. The van der Waals surface area contributed by atoms with E-state index in [4.69, 9.17) is 0 Å². The van der Waals surface area contributed by atoms with Gasteiger partial charge in [0.05, 0.1) is 0 Å². The van der Waals surface area contributed by atoms with E-state index in [0.29, 0.717) is 29.3 Å². The van der Waals surface area contributed by atoms with Crippen LogP contribution in [-0.4, -0.2) is 36.0 Å². The zero-order chi connectivity index (χ0) is 12.8. The highest BCUT2D eigenvalue weighted by Gasteiger charge is 2.59. The maximum Gasteiger partial charge on any atom is 0.226 e. The summed E-state index contributed by atoms with van der Waals surface area (Å²) in [6.45, 7) is 6.67. The minimum absolute atomic E-state index is 0.350. The molecule has 0 aromatic rings. The highest BCUT2D eigenvalue weighted by Crippen LogP contribution is 2.59. The van der Waals surface area contributed by atoms with Gasteiger partial charge in [0.25, 0.3) is 0 Å². The molecule has 0 bridgehead atoms. The number of nitrogens with one attached hydrogen (secondary N) is 1. The summed E-state index contributed by atoms with van der Waals surface area (Å²) in [5.74, 6) is 0.819. The van der Waals surface area contributed by atoms with Crippen molar-refractivity contribution < 1.29 is 4.79 Å². The fourth-order valence-electron chi connectivity index (χ4n) is 4.21. The molecule has 2 saturated heterocycles. The summed E-state index contributed by atoms with van der Waals surface area (Å²) >= 11 is 0. The van der Waals surface area contributed by atoms with E-state index in [9.17, 15) is 4.79 Å². The Morgan fingerprint density at radius 1 is 1.17 bits per heavy atom. The van der Waals surface area contributed by atoms with Crippen molar-refractivity contribution in [2.24, 2.45) is 11.3 Å². The van der Waals surface area contributed by atoms with Crippen LogP contribution in [0.15, 0.2) is 0 Å². The van der Waals surface area contributed by atoms with Crippen LogP contribution in [0.5, 0.6) is 0 Å². The van der Waals surface area contributed by atoms with E-state index >= 15 is 0 Å². The largest absolute Gasteiger partial charge is 0.337 e. The summed E-state index contributed by atoms with van der Waals surface area (Å²) in [5.41, 5.74) is 0.388. The Bertz CT molecular complexity index is 325. The Hall–Kier alpha value is -0.570. The lowest BCUT2D eigenvalue weighted by molar-refractivity contribution is -0.139. The number of likely N-dealkylation sites (tertiary alicyclic amines) is 1. The molecule has 1 N–H and O–H groups in total. The number of nitrogens with zero attached hydrogens (tertiary/aromatic N) is 1. The number of carbonyl (C=O) groups is 1. The molecule has 3 unspecified atom stereocenters. The molecule has 3 nitrogen and oxygen atoms in total. The molecule has 0 radical (unpaired) electrons. The summed E-state index contributed by atoms with van der Waals surface area (Å²) in [5, 5.41) is 3.41. The molecule has 102 valence electrons. The van der Waals surface area contributed by atoms with Crippen LogP contribution in [-0.2, 0) is 4.79 Å². The third-order valence-corrected chi connectivity index (χ3v) is 5.54. The number of hydrogen-bond acceptors (Lipinski definition) is 2. The van der Waals surface area contributed by atoms with E-state index in [2.05, 4.69) is 24.1 Å². The quantitative estimate of drug-likeness (QED) is 0.773. The Balaban J connectivity index is 1.68. The number of carbonyl (C=O) groups excluding carboxylic acids is 1. The summed E-state index contributed by atoms with van der Waals surface area (Å²) < 4.78 is 0. The maximum atomic E-state index is 12.8. The molecule has 2 heterocycles. The van der Waals surface area contributed by atoms with E-state index in [1.165, 1.54) is 32.1 Å².